The molecule has 0 aliphatic carbocycles. The van der Waals surface area contributed by atoms with Gasteiger partial charge < -0.3 is 20.4 Å². The van der Waals surface area contributed by atoms with E-state index in [-0.39, 0.29) is 6.10 Å². The van der Waals surface area contributed by atoms with Crippen LogP contribution < -0.4 is 5.32 Å². The number of hydrogen-bond acceptors (Lipinski definition) is 4. The van der Waals surface area contributed by atoms with Crippen LogP contribution in [-0.4, -0.2) is 59.9 Å². The van der Waals surface area contributed by atoms with Gasteiger partial charge in [-0.15, -0.1) is 0 Å². The summed E-state index contributed by atoms with van der Waals surface area (Å²) in [7, 11) is 0. The molecule has 2 heterocycles. The van der Waals surface area contributed by atoms with Gasteiger partial charge in [0, 0.05) is 19.5 Å². The fraction of sp³-hybridized carbons (Fsp3) is 0.929. The minimum absolute atomic E-state index is 0.118. The van der Waals surface area contributed by atoms with Gasteiger partial charge in [-0.1, -0.05) is 0 Å². The Hall–Kier alpha value is -0.650. The van der Waals surface area contributed by atoms with E-state index in [2.05, 4.69) is 10.2 Å². The van der Waals surface area contributed by atoms with Crippen molar-refractivity contribution in [3.05, 3.63) is 0 Å². The van der Waals surface area contributed by atoms with E-state index in [0.29, 0.717) is 18.3 Å². The average Bonchev–Trinajstić information content (AvgIpc) is 2.39. The molecule has 5 heteroatoms. The normalized spacial score (nSPS) is 30.4. The molecule has 0 amide bonds. The number of carboxylic acids is 1. The number of aliphatic carboxylic acids is 1. The summed E-state index contributed by atoms with van der Waals surface area (Å²) in [6.07, 6.45) is 4.00. The maximum Gasteiger partial charge on any atom is 0.303 e. The quantitative estimate of drug-likeness (QED) is 0.680. The summed E-state index contributed by atoms with van der Waals surface area (Å²) in [4.78, 5) is 13.3. The third kappa shape index (κ3) is 4.75. The van der Waals surface area contributed by atoms with E-state index in [9.17, 15) is 9.90 Å². The van der Waals surface area contributed by atoms with Gasteiger partial charge in [0.15, 0.2) is 0 Å². The maximum absolute atomic E-state index is 10.9. The van der Waals surface area contributed by atoms with Crippen LogP contribution in [0.4, 0.5) is 0 Å². The predicted octanol–water partition coefficient (Wildman–Crippen LogP) is 0.534. The SMILES string of the molecule is O=C(O)CC1CCNCC1CCN1CCC(O)CC1. The van der Waals surface area contributed by atoms with Crippen molar-refractivity contribution in [2.75, 3.05) is 32.7 Å². The fourth-order valence-corrected chi connectivity index (χ4v) is 3.30. The van der Waals surface area contributed by atoms with Crippen molar-refractivity contribution in [1.82, 2.24) is 10.2 Å². The van der Waals surface area contributed by atoms with E-state index in [1.807, 2.05) is 0 Å². The monoisotopic (exact) mass is 270 g/mol. The lowest BCUT2D eigenvalue weighted by molar-refractivity contribution is -0.138. The first-order valence-corrected chi connectivity index (χ1v) is 7.48. The number of rotatable bonds is 5. The smallest absolute Gasteiger partial charge is 0.303 e. The van der Waals surface area contributed by atoms with E-state index >= 15 is 0 Å². The lowest BCUT2D eigenvalue weighted by Gasteiger charge is -2.35. The largest absolute Gasteiger partial charge is 0.481 e. The topological polar surface area (TPSA) is 72.8 Å². The molecule has 0 aromatic heterocycles. The highest BCUT2D eigenvalue weighted by atomic mass is 16.4. The zero-order valence-corrected chi connectivity index (χ0v) is 11.6. The molecule has 2 atom stereocenters. The minimum atomic E-state index is -0.669. The zero-order chi connectivity index (χ0) is 13.7. The number of aliphatic hydroxyl groups is 1. The van der Waals surface area contributed by atoms with Crippen LogP contribution in [0.5, 0.6) is 0 Å². The van der Waals surface area contributed by atoms with Gasteiger partial charge in [-0.25, -0.2) is 0 Å². The lowest BCUT2D eigenvalue weighted by Crippen LogP contribution is -2.41. The lowest BCUT2D eigenvalue weighted by atomic mass is 9.82. The van der Waals surface area contributed by atoms with Crippen molar-refractivity contribution in [3.63, 3.8) is 0 Å². The second-order valence-corrected chi connectivity index (χ2v) is 5.97. The van der Waals surface area contributed by atoms with Gasteiger partial charge >= 0.3 is 5.97 Å². The number of aliphatic hydroxyl groups excluding tert-OH is 1. The Morgan fingerprint density at radius 1 is 1.21 bits per heavy atom. The van der Waals surface area contributed by atoms with Crippen LogP contribution in [-0.2, 0) is 4.79 Å². The Kier molecular flexibility index (Phi) is 5.60. The second kappa shape index (κ2) is 7.22. The summed E-state index contributed by atoms with van der Waals surface area (Å²) in [5, 5.41) is 21.8. The molecule has 0 radical (unpaired) electrons. The number of carbonyl (C=O) groups is 1. The van der Waals surface area contributed by atoms with Crippen LogP contribution >= 0.6 is 0 Å². The van der Waals surface area contributed by atoms with E-state index in [1.54, 1.807) is 0 Å². The Morgan fingerprint density at radius 3 is 2.63 bits per heavy atom. The van der Waals surface area contributed by atoms with Gasteiger partial charge in [0.2, 0.25) is 0 Å². The third-order valence-electron chi connectivity index (χ3n) is 4.58. The number of nitrogens with zero attached hydrogens (tertiary/aromatic N) is 1. The van der Waals surface area contributed by atoms with Crippen LogP contribution in [0.25, 0.3) is 0 Å². The van der Waals surface area contributed by atoms with Crippen LogP contribution in [0.3, 0.4) is 0 Å². The molecular formula is C14H26N2O3. The molecule has 2 rings (SSSR count). The molecule has 2 fully saturated rings. The van der Waals surface area contributed by atoms with E-state index < -0.39 is 5.97 Å². The number of carboxylic acid groups (broad SMARTS) is 1. The fourth-order valence-electron chi connectivity index (χ4n) is 3.30. The van der Waals surface area contributed by atoms with Crippen molar-refractivity contribution in [2.45, 2.75) is 38.2 Å². The van der Waals surface area contributed by atoms with Crippen LogP contribution in [0.2, 0.25) is 0 Å². The van der Waals surface area contributed by atoms with Gasteiger partial charge in [-0.05, 0) is 57.2 Å². The Morgan fingerprint density at radius 2 is 1.95 bits per heavy atom. The van der Waals surface area contributed by atoms with Crippen molar-refractivity contribution < 1.29 is 15.0 Å². The first-order chi connectivity index (χ1) is 9.15. The van der Waals surface area contributed by atoms with Crippen molar-refractivity contribution in [3.8, 4) is 0 Å². The molecule has 2 saturated heterocycles. The van der Waals surface area contributed by atoms with Crippen LogP contribution in [0, 0.1) is 11.8 Å². The molecule has 110 valence electrons. The average molecular weight is 270 g/mol. The molecule has 0 bridgehead atoms. The van der Waals surface area contributed by atoms with E-state index in [0.717, 1.165) is 58.4 Å². The van der Waals surface area contributed by atoms with Gasteiger partial charge in [0.05, 0.1) is 6.10 Å². The molecule has 19 heavy (non-hydrogen) atoms. The molecule has 3 N–H and O–H groups in total. The molecule has 2 aliphatic heterocycles. The number of nitrogens with one attached hydrogen (secondary N) is 1. The number of hydrogen-bond donors (Lipinski definition) is 3. The second-order valence-electron chi connectivity index (χ2n) is 5.97. The summed E-state index contributed by atoms with van der Waals surface area (Å²) < 4.78 is 0. The predicted molar refractivity (Wildman–Crippen MR) is 73.0 cm³/mol. The maximum atomic E-state index is 10.9. The summed E-state index contributed by atoms with van der Waals surface area (Å²) in [5.74, 6) is 0.142. The Balaban J connectivity index is 1.74. The molecule has 0 aromatic carbocycles. The van der Waals surface area contributed by atoms with Crippen LogP contribution in [0.15, 0.2) is 0 Å². The third-order valence-corrected chi connectivity index (χ3v) is 4.58. The number of likely N-dealkylation sites (tertiary alicyclic amines) is 1. The summed E-state index contributed by atoms with van der Waals surface area (Å²) in [6, 6.07) is 0. The number of piperidine rings is 2. The molecule has 0 aromatic rings. The van der Waals surface area contributed by atoms with E-state index in [1.165, 1.54) is 0 Å². The molecule has 0 saturated carbocycles. The molecule has 2 unspecified atom stereocenters. The molecule has 5 nitrogen and oxygen atoms in total. The Labute approximate surface area is 115 Å². The van der Waals surface area contributed by atoms with Gasteiger partial charge in [0.25, 0.3) is 0 Å². The molecule has 2 aliphatic rings. The van der Waals surface area contributed by atoms with Crippen molar-refractivity contribution >= 4 is 5.97 Å². The highest BCUT2D eigenvalue weighted by Gasteiger charge is 2.27. The summed E-state index contributed by atoms with van der Waals surface area (Å²) in [5.41, 5.74) is 0. The van der Waals surface area contributed by atoms with Gasteiger partial charge in [0.1, 0.15) is 0 Å². The van der Waals surface area contributed by atoms with Gasteiger partial charge in [-0.3, -0.25) is 4.79 Å². The van der Waals surface area contributed by atoms with Gasteiger partial charge in [-0.2, -0.15) is 0 Å². The van der Waals surface area contributed by atoms with Crippen LogP contribution in [0.1, 0.15) is 32.1 Å². The van der Waals surface area contributed by atoms with Crippen molar-refractivity contribution in [2.24, 2.45) is 11.8 Å². The first kappa shape index (κ1) is 14.8. The molecular weight excluding hydrogens is 244 g/mol. The first-order valence-electron chi connectivity index (χ1n) is 7.48. The summed E-state index contributed by atoms with van der Waals surface area (Å²) in [6.45, 7) is 4.89. The standard InChI is InChI=1S/C14H26N2O3/c17-13-3-7-16(8-4-13)6-2-12-10-15-5-1-11(12)9-14(18)19/h11-13,15,17H,1-10H2,(H,18,19). The Bertz CT molecular complexity index is 290. The highest BCUT2D eigenvalue weighted by Crippen LogP contribution is 2.26. The zero-order valence-electron chi connectivity index (χ0n) is 11.6. The highest BCUT2D eigenvalue weighted by molar-refractivity contribution is 5.67. The minimum Gasteiger partial charge on any atom is -0.481 e. The molecule has 0 spiro atoms. The van der Waals surface area contributed by atoms with E-state index in [4.69, 9.17) is 5.11 Å². The summed E-state index contributed by atoms with van der Waals surface area (Å²) >= 11 is 0. The van der Waals surface area contributed by atoms with Crippen molar-refractivity contribution in [1.29, 1.82) is 0 Å².